The van der Waals surface area contributed by atoms with Gasteiger partial charge in [0.1, 0.15) is 0 Å². The smallest absolute Gasteiger partial charge is 0.309 e. The average molecular weight is 284 g/mol. The third kappa shape index (κ3) is 3.51. The number of rotatable bonds is 6. The zero-order chi connectivity index (χ0) is 15.3. The van der Waals surface area contributed by atoms with Gasteiger partial charge in [0.15, 0.2) is 0 Å². The second kappa shape index (κ2) is 7.07. The van der Waals surface area contributed by atoms with Gasteiger partial charge in [-0.2, -0.15) is 0 Å². The second-order valence-corrected chi connectivity index (χ2v) is 6.25. The molecule has 0 aliphatic carbocycles. The van der Waals surface area contributed by atoms with Crippen LogP contribution >= 0.6 is 0 Å². The highest BCUT2D eigenvalue weighted by Crippen LogP contribution is 2.37. The molecule has 0 saturated carbocycles. The fraction of sp³-hybridized carbons (Fsp3) is 0.867. The average Bonchev–Trinajstić information content (AvgIpc) is 2.39. The maximum Gasteiger partial charge on any atom is 0.309 e. The summed E-state index contributed by atoms with van der Waals surface area (Å²) in [4.78, 5) is 25.7. The number of piperidine rings is 1. The molecule has 5 heteroatoms. The molecule has 5 nitrogen and oxygen atoms in total. The minimum absolute atomic E-state index is 0.0815. The van der Waals surface area contributed by atoms with Crippen molar-refractivity contribution < 1.29 is 14.7 Å². The number of carbonyl (C=O) groups is 2. The van der Waals surface area contributed by atoms with Crippen LogP contribution in [0.4, 0.5) is 0 Å². The first-order valence-corrected chi connectivity index (χ1v) is 7.60. The molecule has 0 aromatic rings. The van der Waals surface area contributed by atoms with Crippen molar-refractivity contribution in [3.05, 3.63) is 0 Å². The normalized spacial score (nSPS) is 19.9. The van der Waals surface area contributed by atoms with Crippen molar-refractivity contribution in [1.29, 1.82) is 0 Å². The largest absolute Gasteiger partial charge is 0.481 e. The van der Waals surface area contributed by atoms with Gasteiger partial charge in [0.2, 0.25) is 5.91 Å². The highest BCUT2D eigenvalue weighted by atomic mass is 16.4. The summed E-state index contributed by atoms with van der Waals surface area (Å²) in [5.74, 6) is -0.573. The predicted molar refractivity (Wildman–Crippen MR) is 78.2 cm³/mol. The van der Waals surface area contributed by atoms with Crippen LogP contribution in [0.1, 0.15) is 46.5 Å². The van der Waals surface area contributed by atoms with Crippen LogP contribution in [-0.2, 0) is 9.59 Å². The van der Waals surface area contributed by atoms with Crippen LogP contribution in [0, 0.1) is 17.3 Å². The van der Waals surface area contributed by atoms with E-state index in [1.165, 1.54) is 0 Å². The fourth-order valence-electron chi connectivity index (χ4n) is 3.10. The van der Waals surface area contributed by atoms with Crippen molar-refractivity contribution in [1.82, 2.24) is 4.90 Å². The van der Waals surface area contributed by atoms with Gasteiger partial charge in [0.05, 0.1) is 11.3 Å². The molecule has 1 amide bonds. The molecule has 3 N–H and O–H groups in total. The maximum absolute atomic E-state index is 12.4. The first kappa shape index (κ1) is 17.0. The lowest BCUT2D eigenvalue weighted by Crippen LogP contribution is -2.49. The van der Waals surface area contributed by atoms with E-state index in [4.69, 9.17) is 5.73 Å². The van der Waals surface area contributed by atoms with Crippen LogP contribution in [0.5, 0.6) is 0 Å². The summed E-state index contributed by atoms with van der Waals surface area (Å²) in [7, 11) is 0. The van der Waals surface area contributed by atoms with E-state index in [-0.39, 0.29) is 17.7 Å². The highest BCUT2D eigenvalue weighted by molar-refractivity contribution is 5.80. The molecular formula is C15H28N2O3. The third-order valence-electron chi connectivity index (χ3n) is 4.59. The molecule has 116 valence electrons. The molecule has 0 aromatic heterocycles. The van der Waals surface area contributed by atoms with Gasteiger partial charge < -0.3 is 15.7 Å². The van der Waals surface area contributed by atoms with Crippen molar-refractivity contribution >= 4 is 11.9 Å². The Morgan fingerprint density at radius 1 is 1.30 bits per heavy atom. The summed E-state index contributed by atoms with van der Waals surface area (Å²) >= 11 is 0. The monoisotopic (exact) mass is 284 g/mol. The zero-order valence-electron chi connectivity index (χ0n) is 12.9. The van der Waals surface area contributed by atoms with Gasteiger partial charge in [0, 0.05) is 19.6 Å². The Morgan fingerprint density at radius 2 is 1.85 bits per heavy atom. The molecule has 0 aromatic carbocycles. The number of aliphatic carboxylic acids is 1. The third-order valence-corrected chi connectivity index (χ3v) is 4.59. The molecule has 1 fully saturated rings. The lowest BCUT2D eigenvalue weighted by molar-refractivity contribution is -0.156. The number of nitrogens with zero attached hydrogens (tertiary/aromatic N) is 1. The summed E-state index contributed by atoms with van der Waals surface area (Å²) < 4.78 is 0. The lowest BCUT2D eigenvalue weighted by Gasteiger charge is -2.40. The van der Waals surface area contributed by atoms with Crippen LogP contribution in [-0.4, -0.2) is 41.5 Å². The number of carboxylic acid groups (broad SMARTS) is 1. The topological polar surface area (TPSA) is 83.6 Å². The molecule has 20 heavy (non-hydrogen) atoms. The van der Waals surface area contributed by atoms with E-state index in [0.717, 1.165) is 6.42 Å². The number of carboxylic acids is 1. The quantitative estimate of drug-likeness (QED) is 0.777. The van der Waals surface area contributed by atoms with E-state index >= 15 is 0 Å². The first-order valence-electron chi connectivity index (χ1n) is 7.60. The number of likely N-dealkylation sites (tertiary alicyclic amines) is 1. The minimum atomic E-state index is -0.717. The van der Waals surface area contributed by atoms with Crippen LogP contribution in [0.3, 0.4) is 0 Å². The highest BCUT2D eigenvalue weighted by Gasteiger charge is 2.42. The van der Waals surface area contributed by atoms with Gasteiger partial charge in [-0.3, -0.25) is 9.59 Å². The number of hydrogen-bond acceptors (Lipinski definition) is 3. The standard InChI is InChI=1S/C15H28N2O3/c1-4-5-15(14(19)20)6-8-17(9-7-15)13(18)12(10-16)11(2)3/h11-12H,4-10,16H2,1-3H3,(H,19,20). The Kier molecular flexibility index (Phi) is 5.99. The van der Waals surface area contributed by atoms with E-state index in [0.29, 0.717) is 38.9 Å². The van der Waals surface area contributed by atoms with E-state index < -0.39 is 11.4 Å². The molecule has 1 aliphatic rings. The molecule has 1 aliphatic heterocycles. The van der Waals surface area contributed by atoms with Crippen molar-refractivity contribution in [3.63, 3.8) is 0 Å². The Labute approximate surface area is 121 Å². The summed E-state index contributed by atoms with van der Waals surface area (Å²) in [6.45, 7) is 7.43. The van der Waals surface area contributed by atoms with E-state index in [2.05, 4.69) is 0 Å². The number of carbonyl (C=O) groups excluding carboxylic acids is 1. The van der Waals surface area contributed by atoms with Gasteiger partial charge in [0.25, 0.3) is 0 Å². The first-order chi connectivity index (χ1) is 9.38. The maximum atomic E-state index is 12.4. The zero-order valence-corrected chi connectivity index (χ0v) is 12.9. The van der Waals surface area contributed by atoms with E-state index in [9.17, 15) is 14.7 Å². The Morgan fingerprint density at radius 3 is 2.20 bits per heavy atom. The molecule has 0 radical (unpaired) electrons. The molecule has 1 rings (SSSR count). The van der Waals surface area contributed by atoms with Gasteiger partial charge in [-0.25, -0.2) is 0 Å². The van der Waals surface area contributed by atoms with Gasteiger partial charge in [-0.1, -0.05) is 27.2 Å². The summed E-state index contributed by atoms with van der Waals surface area (Å²) in [5, 5.41) is 9.46. The minimum Gasteiger partial charge on any atom is -0.481 e. The van der Waals surface area contributed by atoms with Gasteiger partial charge >= 0.3 is 5.97 Å². The molecular weight excluding hydrogens is 256 g/mol. The Hall–Kier alpha value is -1.10. The van der Waals surface area contributed by atoms with Crippen LogP contribution in [0.2, 0.25) is 0 Å². The fourth-order valence-corrected chi connectivity index (χ4v) is 3.10. The number of nitrogens with two attached hydrogens (primary N) is 1. The Balaban J connectivity index is 2.69. The van der Waals surface area contributed by atoms with Gasteiger partial charge in [-0.05, 0) is 25.2 Å². The molecule has 1 atom stereocenters. The van der Waals surface area contributed by atoms with Crippen molar-refractivity contribution in [2.45, 2.75) is 46.5 Å². The Bertz CT molecular complexity index is 347. The van der Waals surface area contributed by atoms with Crippen molar-refractivity contribution in [3.8, 4) is 0 Å². The summed E-state index contributed by atoms with van der Waals surface area (Å²) in [6, 6.07) is 0. The summed E-state index contributed by atoms with van der Waals surface area (Å²) in [5.41, 5.74) is 5.05. The molecule has 0 spiro atoms. The predicted octanol–water partition coefficient (Wildman–Crippen LogP) is 1.71. The van der Waals surface area contributed by atoms with E-state index in [1.807, 2.05) is 20.8 Å². The van der Waals surface area contributed by atoms with Crippen LogP contribution in [0.25, 0.3) is 0 Å². The molecule has 0 bridgehead atoms. The lowest BCUT2D eigenvalue weighted by atomic mass is 9.74. The van der Waals surface area contributed by atoms with Gasteiger partial charge in [-0.15, -0.1) is 0 Å². The number of amides is 1. The van der Waals surface area contributed by atoms with Crippen LogP contribution in [0.15, 0.2) is 0 Å². The SMILES string of the molecule is CCCC1(C(=O)O)CCN(C(=O)C(CN)C(C)C)CC1. The molecule has 1 saturated heterocycles. The van der Waals surface area contributed by atoms with Crippen LogP contribution < -0.4 is 5.73 Å². The van der Waals surface area contributed by atoms with Crippen molar-refractivity contribution in [2.24, 2.45) is 23.0 Å². The second-order valence-electron chi connectivity index (χ2n) is 6.25. The van der Waals surface area contributed by atoms with E-state index in [1.54, 1.807) is 4.90 Å². The summed E-state index contributed by atoms with van der Waals surface area (Å²) in [6.07, 6.45) is 2.65. The number of hydrogen-bond donors (Lipinski definition) is 2. The van der Waals surface area contributed by atoms with Crippen molar-refractivity contribution in [2.75, 3.05) is 19.6 Å². The molecule has 1 unspecified atom stereocenters. The molecule has 1 heterocycles.